The van der Waals surface area contributed by atoms with E-state index >= 15 is 0 Å². The Kier molecular flexibility index (Phi) is 7.52. The predicted octanol–water partition coefficient (Wildman–Crippen LogP) is 4.86. The first kappa shape index (κ1) is 22.3. The van der Waals surface area contributed by atoms with Gasteiger partial charge in [0.15, 0.2) is 11.5 Å². The van der Waals surface area contributed by atoms with Crippen molar-refractivity contribution >= 4 is 44.9 Å². The summed E-state index contributed by atoms with van der Waals surface area (Å²) in [6.07, 6.45) is 1.63. The fourth-order valence-corrected chi connectivity index (χ4v) is 3.98. The van der Waals surface area contributed by atoms with Crippen LogP contribution in [0, 0.1) is 5.82 Å². The number of amides is 2. The van der Waals surface area contributed by atoms with Crippen molar-refractivity contribution in [3.63, 3.8) is 0 Å². The lowest BCUT2D eigenvalue weighted by Crippen LogP contribution is -2.31. The Morgan fingerprint density at radius 2 is 1.87 bits per heavy atom. The van der Waals surface area contributed by atoms with Crippen molar-refractivity contribution in [3.8, 4) is 11.5 Å². The number of methoxy groups -OCH3 is 2. The number of ether oxygens (including phenoxy) is 3. The average molecular weight is 496 g/mol. The highest BCUT2D eigenvalue weighted by Crippen LogP contribution is 2.38. The lowest BCUT2D eigenvalue weighted by atomic mass is 10.1. The molecule has 9 heteroatoms. The van der Waals surface area contributed by atoms with Gasteiger partial charge in [0.1, 0.15) is 12.4 Å². The lowest BCUT2D eigenvalue weighted by Gasteiger charge is -2.13. The van der Waals surface area contributed by atoms with Crippen molar-refractivity contribution < 1.29 is 28.2 Å². The van der Waals surface area contributed by atoms with Crippen molar-refractivity contribution in [2.45, 2.75) is 6.61 Å². The molecule has 0 saturated carbocycles. The highest BCUT2D eigenvalue weighted by Gasteiger charge is 2.34. The summed E-state index contributed by atoms with van der Waals surface area (Å²) in [6, 6.07) is 9.47. The van der Waals surface area contributed by atoms with E-state index in [2.05, 4.69) is 15.9 Å². The summed E-state index contributed by atoms with van der Waals surface area (Å²) >= 11 is 4.36. The standard InChI is InChI=1S/C21H19BrFNO5S/c1-27-8-7-24-20(25)19(30-21(24)26)10-14-9-17(28-2)18(11-16(14)22)29-12-13-3-5-15(23)6-4-13/h3-6,9-11H,7-8,12H2,1-2H3/b19-10+. The van der Waals surface area contributed by atoms with E-state index in [1.54, 1.807) is 30.3 Å². The minimum absolute atomic E-state index is 0.208. The van der Waals surface area contributed by atoms with E-state index in [-0.39, 0.29) is 36.7 Å². The molecule has 30 heavy (non-hydrogen) atoms. The third kappa shape index (κ3) is 5.21. The van der Waals surface area contributed by atoms with E-state index < -0.39 is 0 Å². The number of imide groups is 1. The van der Waals surface area contributed by atoms with Crippen LogP contribution in [0.3, 0.4) is 0 Å². The zero-order valence-electron chi connectivity index (χ0n) is 16.3. The van der Waals surface area contributed by atoms with Crippen LogP contribution in [-0.2, 0) is 16.1 Å². The third-order valence-corrected chi connectivity index (χ3v) is 5.86. The van der Waals surface area contributed by atoms with Crippen LogP contribution >= 0.6 is 27.7 Å². The molecule has 0 aromatic heterocycles. The lowest BCUT2D eigenvalue weighted by molar-refractivity contribution is -0.123. The molecule has 2 aromatic carbocycles. The molecule has 0 unspecified atom stereocenters. The molecule has 3 rings (SSSR count). The summed E-state index contributed by atoms with van der Waals surface area (Å²) in [5.41, 5.74) is 1.47. The highest BCUT2D eigenvalue weighted by atomic mass is 79.9. The van der Waals surface area contributed by atoms with Crippen molar-refractivity contribution in [2.75, 3.05) is 27.4 Å². The summed E-state index contributed by atoms with van der Waals surface area (Å²) < 4.78 is 29.9. The van der Waals surface area contributed by atoms with Crippen LogP contribution in [-0.4, -0.2) is 43.4 Å². The van der Waals surface area contributed by atoms with Crippen LogP contribution in [0.25, 0.3) is 6.08 Å². The van der Waals surface area contributed by atoms with Crippen molar-refractivity contribution in [3.05, 3.63) is 62.7 Å². The van der Waals surface area contributed by atoms with Crippen molar-refractivity contribution in [1.29, 1.82) is 0 Å². The molecule has 1 heterocycles. The Balaban J connectivity index is 1.80. The Bertz CT molecular complexity index is 980. The van der Waals surface area contributed by atoms with E-state index in [1.165, 1.54) is 26.4 Å². The van der Waals surface area contributed by atoms with Crippen molar-refractivity contribution in [1.82, 2.24) is 4.90 Å². The summed E-state index contributed by atoms with van der Waals surface area (Å²) in [6.45, 7) is 0.725. The van der Waals surface area contributed by atoms with Crippen molar-refractivity contribution in [2.24, 2.45) is 0 Å². The van der Waals surface area contributed by atoms with Gasteiger partial charge in [-0.1, -0.05) is 28.1 Å². The Morgan fingerprint density at radius 1 is 1.13 bits per heavy atom. The first-order chi connectivity index (χ1) is 14.4. The SMILES string of the molecule is COCCN1C(=O)S/C(=C/c2cc(OC)c(OCc3ccc(F)cc3)cc2Br)C1=O. The number of thioether (sulfide) groups is 1. The smallest absolute Gasteiger partial charge is 0.293 e. The van der Waals surface area contributed by atoms with Gasteiger partial charge in [0.05, 0.1) is 25.2 Å². The minimum Gasteiger partial charge on any atom is -0.493 e. The molecule has 1 aliphatic rings. The van der Waals surface area contributed by atoms with Gasteiger partial charge in [0, 0.05) is 11.6 Å². The number of rotatable bonds is 8. The van der Waals surface area contributed by atoms with Crippen LogP contribution in [0.1, 0.15) is 11.1 Å². The maximum atomic E-state index is 13.0. The highest BCUT2D eigenvalue weighted by molar-refractivity contribution is 9.10. The number of hydrogen-bond donors (Lipinski definition) is 0. The van der Waals surface area contributed by atoms with Gasteiger partial charge in [-0.3, -0.25) is 14.5 Å². The van der Waals surface area contributed by atoms with Crippen LogP contribution in [0.5, 0.6) is 11.5 Å². The van der Waals surface area contributed by atoms with E-state index in [4.69, 9.17) is 14.2 Å². The molecule has 0 bridgehead atoms. The zero-order valence-corrected chi connectivity index (χ0v) is 18.7. The molecule has 0 atom stereocenters. The molecular weight excluding hydrogens is 477 g/mol. The fraction of sp³-hybridized carbons (Fsp3) is 0.238. The van der Waals surface area contributed by atoms with E-state index in [0.29, 0.717) is 26.4 Å². The third-order valence-electron chi connectivity index (χ3n) is 4.27. The normalized spacial score (nSPS) is 15.2. The van der Waals surface area contributed by atoms with Crippen LogP contribution < -0.4 is 9.47 Å². The van der Waals surface area contributed by atoms with Gasteiger partial charge >= 0.3 is 0 Å². The summed E-state index contributed by atoms with van der Waals surface area (Å²) in [5, 5.41) is -0.328. The Labute approximate surface area is 186 Å². The number of nitrogens with zero attached hydrogens (tertiary/aromatic N) is 1. The maximum absolute atomic E-state index is 13.0. The van der Waals surface area contributed by atoms with Gasteiger partial charge in [-0.25, -0.2) is 4.39 Å². The molecule has 1 saturated heterocycles. The van der Waals surface area contributed by atoms with Gasteiger partial charge in [-0.15, -0.1) is 0 Å². The Morgan fingerprint density at radius 3 is 2.53 bits per heavy atom. The van der Waals surface area contributed by atoms with E-state index in [0.717, 1.165) is 22.2 Å². The van der Waals surface area contributed by atoms with Gasteiger partial charge in [0.2, 0.25) is 0 Å². The molecule has 2 aromatic rings. The van der Waals surface area contributed by atoms with Gasteiger partial charge in [0.25, 0.3) is 11.1 Å². The second kappa shape index (κ2) is 10.1. The molecule has 0 N–H and O–H groups in total. The topological polar surface area (TPSA) is 65.1 Å². The average Bonchev–Trinajstić information content (AvgIpc) is 3.00. The number of carbonyl (C=O) groups excluding carboxylic acids is 2. The number of halogens is 2. The molecule has 2 amide bonds. The molecular formula is C21H19BrFNO5S. The molecule has 0 aliphatic carbocycles. The molecule has 1 aliphatic heterocycles. The minimum atomic E-state index is -0.357. The van der Waals surface area contributed by atoms with Crippen LogP contribution in [0.2, 0.25) is 0 Å². The molecule has 158 valence electrons. The van der Waals surface area contributed by atoms with Crippen LogP contribution in [0.15, 0.2) is 45.8 Å². The second-order valence-electron chi connectivity index (χ2n) is 6.27. The van der Waals surface area contributed by atoms with Gasteiger partial charge < -0.3 is 14.2 Å². The largest absolute Gasteiger partial charge is 0.493 e. The Hall–Kier alpha value is -2.36. The van der Waals surface area contributed by atoms with E-state index in [1.807, 2.05) is 0 Å². The van der Waals surface area contributed by atoms with Crippen LogP contribution in [0.4, 0.5) is 9.18 Å². The monoisotopic (exact) mass is 495 g/mol. The quantitative estimate of drug-likeness (QED) is 0.487. The van der Waals surface area contributed by atoms with E-state index in [9.17, 15) is 14.0 Å². The van der Waals surface area contributed by atoms with Gasteiger partial charge in [-0.05, 0) is 53.2 Å². The van der Waals surface area contributed by atoms with Gasteiger partial charge in [-0.2, -0.15) is 0 Å². The molecule has 0 radical (unpaired) electrons. The second-order valence-corrected chi connectivity index (χ2v) is 8.11. The number of carbonyl (C=O) groups is 2. The predicted molar refractivity (Wildman–Crippen MR) is 116 cm³/mol. The zero-order chi connectivity index (χ0) is 21.7. The fourth-order valence-electron chi connectivity index (χ4n) is 2.69. The number of hydrogen-bond acceptors (Lipinski definition) is 6. The maximum Gasteiger partial charge on any atom is 0.293 e. The summed E-state index contributed by atoms with van der Waals surface area (Å²) in [5.74, 6) is 0.281. The molecule has 0 spiro atoms. The summed E-state index contributed by atoms with van der Waals surface area (Å²) in [4.78, 5) is 26.1. The summed E-state index contributed by atoms with van der Waals surface area (Å²) in [7, 11) is 3.02. The first-order valence-corrected chi connectivity index (χ1v) is 10.5. The number of benzene rings is 2. The molecule has 6 nitrogen and oxygen atoms in total. The molecule has 1 fully saturated rings. The first-order valence-electron chi connectivity index (χ1n) is 8.92.